The summed E-state index contributed by atoms with van der Waals surface area (Å²) in [6, 6.07) is 4.27. The molecule has 15 heavy (non-hydrogen) atoms. The first kappa shape index (κ1) is 11.7. The standard InChI is InChI=1S/C9H10O5S/c1-6-4-3-5-7(9(10)14-2)8(6)15(11,12)13/h3-5H,1-2H3,(H,11,12,13). The van der Waals surface area contributed by atoms with E-state index in [0.29, 0.717) is 5.56 Å². The SMILES string of the molecule is COC(=O)c1cccc(C)c1S(=O)(=O)O. The first-order valence-corrected chi connectivity index (χ1v) is 5.47. The molecule has 0 fully saturated rings. The van der Waals surface area contributed by atoms with Crippen molar-refractivity contribution in [2.75, 3.05) is 7.11 Å². The lowest BCUT2D eigenvalue weighted by molar-refractivity contribution is 0.0595. The molecule has 0 unspecified atom stereocenters. The molecule has 0 heterocycles. The molecule has 0 radical (unpaired) electrons. The lowest BCUT2D eigenvalue weighted by atomic mass is 10.1. The highest BCUT2D eigenvalue weighted by Gasteiger charge is 2.22. The third-order valence-electron chi connectivity index (χ3n) is 1.88. The minimum Gasteiger partial charge on any atom is -0.465 e. The molecule has 6 heteroatoms. The highest BCUT2D eigenvalue weighted by atomic mass is 32.2. The number of carbonyl (C=O) groups excluding carboxylic acids is 1. The van der Waals surface area contributed by atoms with Gasteiger partial charge in [0.2, 0.25) is 0 Å². The van der Waals surface area contributed by atoms with Crippen LogP contribution >= 0.6 is 0 Å². The van der Waals surface area contributed by atoms with Gasteiger partial charge in [0.05, 0.1) is 12.7 Å². The molecule has 1 aromatic carbocycles. The van der Waals surface area contributed by atoms with E-state index in [-0.39, 0.29) is 5.56 Å². The summed E-state index contributed by atoms with van der Waals surface area (Å²) in [7, 11) is -3.28. The molecule has 0 aromatic heterocycles. The van der Waals surface area contributed by atoms with Gasteiger partial charge in [-0.15, -0.1) is 0 Å². The first-order valence-electron chi connectivity index (χ1n) is 4.03. The third kappa shape index (κ3) is 2.34. The summed E-state index contributed by atoms with van der Waals surface area (Å²) < 4.78 is 35.5. The maximum absolute atomic E-state index is 11.2. The van der Waals surface area contributed by atoms with Gasteiger partial charge in [-0.25, -0.2) is 4.79 Å². The van der Waals surface area contributed by atoms with Crippen molar-refractivity contribution in [1.82, 2.24) is 0 Å². The fourth-order valence-corrected chi connectivity index (χ4v) is 2.17. The van der Waals surface area contributed by atoms with Crippen LogP contribution in [-0.4, -0.2) is 26.0 Å². The predicted molar refractivity (Wildman–Crippen MR) is 52.3 cm³/mol. The summed E-state index contributed by atoms with van der Waals surface area (Å²) >= 11 is 0. The van der Waals surface area contributed by atoms with E-state index in [9.17, 15) is 13.2 Å². The molecule has 0 amide bonds. The molecule has 1 rings (SSSR count). The second kappa shape index (κ2) is 4.00. The van der Waals surface area contributed by atoms with Crippen LogP contribution in [0.15, 0.2) is 23.1 Å². The van der Waals surface area contributed by atoms with Gasteiger partial charge < -0.3 is 4.74 Å². The van der Waals surface area contributed by atoms with Crippen LogP contribution in [0.4, 0.5) is 0 Å². The zero-order chi connectivity index (χ0) is 11.6. The zero-order valence-corrected chi connectivity index (χ0v) is 9.04. The largest absolute Gasteiger partial charge is 0.465 e. The summed E-state index contributed by atoms with van der Waals surface area (Å²) in [5, 5.41) is 0. The molecule has 1 N–H and O–H groups in total. The number of ether oxygens (including phenoxy) is 1. The molecule has 0 atom stereocenters. The van der Waals surface area contributed by atoms with Crippen molar-refractivity contribution >= 4 is 16.1 Å². The zero-order valence-electron chi connectivity index (χ0n) is 8.22. The Labute approximate surface area is 87.4 Å². The van der Waals surface area contributed by atoms with Crippen molar-refractivity contribution in [3.63, 3.8) is 0 Å². The Morgan fingerprint density at radius 1 is 1.40 bits per heavy atom. The summed E-state index contributed by atoms with van der Waals surface area (Å²) in [6.07, 6.45) is 0. The van der Waals surface area contributed by atoms with Crippen LogP contribution in [0.3, 0.4) is 0 Å². The molecule has 0 spiro atoms. The maximum atomic E-state index is 11.2. The van der Waals surface area contributed by atoms with Gasteiger partial charge in [-0.1, -0.05) is 12.1 Å². The van der Waals surface area contributed by atoms with Crippen LogP contribution in [0.2, 0.25) is 0 Å². The van der Waals surface area contributed by atoms with E-state index in [0.717, 1.165) is 7.11 Å². The highest BCUT2D eigenvalue weighted by Crippen LogP contribution is 2.20. The van der Waals surface area contributed by atoms with Crippen LogP contribution in [0, 0.1) is 6.92 Å². The van der Waals surface area contributed by atoms with E-state index >= 15 is 0 Å². The minimum absolute atomic E-state index is 0.167. The summed E-state index contributed by atoms with van der Waals surface area (Å²) in [4.78, 5) is 10.8. The number of hydrogen-bond donors (Lipinski definition) is 1. The van der Waals surface area contributed by atoms with Crippen molar-refractivity contribution in [2.45, 2.75) is 11.8 Å². The van der Waals surface area contributed by atoms with Gasteiger partial charge in [-0.2, -0.15) is 8.42 Å². The van der Waals surface area contributed by atoms with Gasteiger partial charge in [0, 0.05) is 0 Å². The van der Waals surface area contributed by atoms with Gasteiger partial charge in [-0.05, 0) is 18.6 Å². The van der Waals surface area contributed by atoms with E-state index in [1.165, 1.54) is 25.1 Å². The van der Waals surface area contributed by atoms with Crippen molar-refractivity contribution in [3.05, 3.63) is 29.3 Å². The smallest absolute Gasteiger partial charge is 0.339 e. The lowest BCUT2D eigenvalue weighted by Gasteiger charge is -2.07. The number of hydrogen-bond acceptors (Lipinski definition) is 4. The van der Waals surface area contributed by atoms with E-state index in [1.807, 2.05) is 0 Å². The summed E-state index contributed by atoms with van der Waals surface area (Å²) in [6.45, 7) is 1.48. The lowest BCUT2D eigenvalue weighted by Crippen LogP contribution is -2.11. The number of aryl methyl sites for hydroxylation is 1. The van der Waals surface area contributed by atoms with Crippen LogP contribution in [0.5, 0.6) is 0 Å². The Morgan fingerprint density at radius 3 is 2.47 bits per heavy atom. The van der Waals surface area contributed by atoms with Crippen LogP contribution < -0.4 is 0 Å². The molecule has 0 aliphatic heterocycles. The Hall–Kier alpha value is -1.40. The predicted octanol–water partition coefficient (Wildman–Crippen LogP) is 1.03. The van der Waals surface area contributed by atoms with E-state index in [1.54, 1.807) is 0 Å². The van der Waals surface area contributed by atoms with Gasteiger partial charge >= 0.3 is 5.97 Å². The summed E-state index contributed by atoms with van der Waals surface area (Å²) in [5.74, 6) is -0.800. The summed E-state index contributed by atoms with van der Waals surface area (Å²) in [5.41, 5.74) is 0.125. The first-order chi connectivity index (χ1) is 6.88. The van der Waals surface area contributed by atoms with Gasteiger partial charge in [0.15, 0.2) is 0 Å². The second-order valence-electron chi connectivity index (χ2n) is 2.92. The topological polar surface area (TPSA) is 80.7 Å². The maximum Gasteiger partial charge on any atom is 0.339 e. The molecule has 0 bridgehead atoms. The van der Waals surface area contributed by atoms with E-state index in [2.05, 4.69) is 4.74 Å². The normalized spacial score (nSPS) is 11.1. The average molecular weight is 230 g/mol. The number of esters is 1. The van der Waals surface area contributed by atoms with Crippen molar-refractivity contribution < 1.29 is 22.5 Å². The third-order valence-corrected chi connectivity index (χ3v) is 2.93. The van der Waals surface area contributed by atoms with E-state index in [4.69, 9.17) is 4.55 Å². The van der Waals surface area contributed by atoms with Crippen molar-refractivity contribution in [2.24, 2.45) is 0 Å². The monoisotopic (exact) mass is 230 g/mol. The molecule has 5 nitrogen and oxygen atoms in total. The molecule has 0 aliphatic rings. The second-order valence-corrected chi connectivity index (χ2v) is 4.28. The number of rotatable bonds is 2. The van der Waals surface area contributed by atoms with Gasteiger partial charge in [0.1, 0.15) is 4.90 Å². The Balaban J connectivity index is 3.54. The molecular formula is C9H10O5S. The van der Waals surface area contributed by atoms with Crippen LogP contribution in [-0.2, 0) is 14.9 Å². The fraction of sp³-hybridized carbons (Fsp3) is 0.222. The molecule has 1 aromatic rings. The Morgan fingerprint density at radius 2 is 2.00 bits per heavy atom. The van der Waals surface area contributed by atoms with Crippen LogP contribution in [0.25, 0.3) is 0 Å². The Kier molecular flexibility index (Phi) is 3.11. The molecule has 0 saturated carbocycles. The van der Waals surface area contributed by atoms with Crippen LogP contribution in [0.1, 0.15) is 15.9 Å². The highest BCUT2D eigenvalue weighted by molar-refractivity contribution is 7.86. The van der Waals surface area contributed by atoms with Gasteiger partial charge in [0.25, 0.3) is 10.1 Å². The fourth-order valence-electron chi connectivity index (χ4n) is 1.27. The molecule has 0 aliphatic carbocycles. The molecule has 82 valence electrons. The average Bonchev–Trinajstić information content (AvgIpc) is 2.14. The van der Waals surface area contributed by atoms with E-state index < -0.39 is 21.0 Å². The van der Waals surface area contributed by atoms with Crippen molar-refractivity contribution in [3.8, 4) is 0 Å². The molecule has 0 saturated heterocycles. The van der Waals surface area contributed by atoms with Crippen molar-refractivity contribution in [1.29, 1.82) is 0 Å². The number of carbonyl (C=O) groups is 1. The Bertz CT molecular complexity index is 489. The number of methoxy groups -OCH3 is 1. The quantitative estimate of drug-likeness (QED) is 0.606. The molecular weight excluding hydrogens is 220 g/mol. The van der Waals surface area contributed by atoms with Gasteiger partial charge in [-0.3, -0.25) is 4.55 Å². The minimum atomic E-state index is -4.42. The number of benzene rings is 1.